The van der Waals surface area contributed by atoms with E-state index in [-0.39, 0.29) is 6.10 Å². The molecule has 0 rings (SSSR count). The van der Waals surface area contributed by atoms with Crippen molar-refractivity contribution in [1.82, 2.24) is 0 Å². The molecule has 1 unspecified atom stereocenters. The van der Waals surface area contributed by atoms with Gasteiger partial charge in [0.25, 0.3) is 0 Å². The number of nitrogens with zero attached hydrogens (tertiary/aromatic N) is 1. The Balaban J connectivity index is 3.51. The van der Waals surface area contributed by atoms with E-state index in [9.17, 15) is 4.57 Å². The third-order valence-electron chi connectivity index (χ3n) is 5.42. The first-order valence-corrected chi connectivity index (χ1v) is 13.7. The molecule has 29 heavy (non-hydrogen) atoms. The minimum Gasteiger partial charge on any atom is -0.329 e. The monoisotopic (exact) mass is 436 g/mol. The van der Waals surface area contributed by atoms with Gasteiger partial charge in [0, 0.05) is 0 Å². The van der Waals surface area contributed by atoms with E-state index < -0.39 is 7.82 Å². The molecule has 0 aromatic heterocycles. The molecular formula is C23H51NO4P+. The molecule has 0 aromatic rings. The number of hydrogen-bond acceptors (Lipinski definition) is 2. The van der Waals surface area contributed by atoms with Crippen molar-refractivity contribution in [2.75, 3.05) is 27.7 Å². The molecule has 5 nitrogen and oxygen atoms in total. The highest BCUT2D eigenvalue weighted by Gasteiger charge is 2.26. The highest BCUT2D eigenvalue weighted by molar-refractivity contribution is 7.46. The molecule has 0 aliphatic rings. The number of rotatable bonds is 21. The fourth-order valence-corrected chi connectivity index (χ4v) is 4.46. The van der Waals surface area contributed by atoms with Crippen LogP contribution in [0.3, 0.4) is 0 Å². The summed E-state index contributed by atoms with van der Waals surface area (Å²) in [6.07, 6.45) is 21.6. The Labute approximate surface area is 181 Å². The summed E-state index contributed by atoms with van der Waals surface area (Å²) in [5, 5.41) is 0. The van der Waals surface area contributed by atoms with E-state index in [4.69, 9.17) is 14.3 Å². The van der Waals surface area contributed by atoms with Crippen LogP contribution in [0.25, 0.3) is 0 Å². The summed E-state index contributed by atoms with van der Waals surface area (Å²) in [7, 11) is 1.64. The second kappa shape index (κ2) is 17.7. The fourth-order valence-electron chi connectivity index (χ4n) is 3.90. The van der Waals surface area contributed by atoms with Gasteiger partial charge >= 0.3 is 7.82 Å². The van der Waals surface area contributed by atoms with Crippen LogP contribution in [0.2, 0.25) is 0 Å². The smallest absolute Gasteiger partial charge is 0.329 e. The first-order valence-electron chi connectivity index (χ1n) is 12.2. The first kappa shape index (κ1) is 29.1. The van der Waals surface area contributed by atoms with Gasteiger partial charge in [-0.2, -0.15) is 0 Å². The number of phosphoric acid groups is 1. The molecule has 0 saturated heterocycles. The van der Waals surface area contributed by atoms with Gasteiger partial charge in [-0.1, -0.05) is 110 Å². The zero-order valence-electron chi connectivity index (χ0n) is 19.9. The zero-order valence-corrected chi connectivity index (χ0v) is 20.8. The van der Waals surface area contributed by atoms with E-state index in [1.807, 2.05) is 21.1 Å². The molecule has 0 fully saturated rings. The second-order valence-corrected chi connectivity index (χ2v) is 11.0. The van der Waals surface area contributed by atoms with Crippen LogP contribution < -0.4 is 0 Å². The molecule has 176 valence electrons. The van der Waals surface area contributed by atoms with Crippen LogP contribution in [0.15, 0.2) is 0 Å². The van der Waals surface area contributed by atoms with Crippen LogP contribution in [0.4, 0.5) is 0 Å². The third-order valence-corrected chi connectivity index (χ3v) is 5.99. The van der Waals surface area contributed by atoms with Crippen molar-refractivity contribution in [2.45, 2.75) is 122 Å². The molecule has 0 bridgehead atoms. The number of unbranched alkanes of at least 4 members (excludes halogenated alkanes) is 15. The van der Waals surface area contributed by atoms with Gasteiger partial charge in [0.05, 0.1) is 21.1 Å². The Bertz CT molecular complexity index is 406. The summed E-state index contributed by atoms with van der Waals surface area (Å²) < 4.78 is 16.8. The number of likely N-dealkylation sites (N-methyl/N-ethyl adjacent to an activating group) is 1. The minimum absolute atomic E-state index is 0.373. The summed E-state index contributed by atoms with van der Waals surface area (Å²) in [6, 6.07) is 0. The summed E-state index contributed by atoms with van der Waals surface area (Å²) in [5.74, 6) is 0. The van der Waals surface area contributed by atoms with Gasteiger partial charge in [-0.3, -0.25) is 4.52 Å². The summed E-state index contributed by atoms with van der Waals surface area (Å²) in [5.41, 5.74) is 0. The van der Waals surface area contributed by atoms with E-state index in [0.717, 1.165) is 19.3 Å². The highest BCUT2D eigenvalue weighted by atomic mass is 31.2. The molecule has 0 aliphatic heterocycles. The van der Waals surface area contributed by atoms with Gasteiger partial charge in [-0.15, -0.1) is 0 Å². The van der Waals surface area contributed by atoms with Crippen LogP contribution in [-0.4, -0.2) is 48.1 Å². The standard InChI is InChI=1S/C23H50NO4P/c1-5-6-7-8-9-10-11-12-13-14-15-16-17-18-19-20-21-23(22-24(2,3)4)28-29(25,26)27/h23H,5-22H2,1-4H3,(H-,25,26,27)/p+1. The number of hydrogen-bond donors (Lipinski definition) is 2. The van der Waals surface area contributed by atoms with Crippen molar-refractivity contribution in [3.05, 3.63) is 0 Å². The number of quaternary nitrogens is 1. The average molecular weight is 437 g/mol. The Hall–Kier alpha value is 0.0700. The summed E-state index contributed by atoms with van der Waals surface area (Å²) in [6.45, 7) is 2.89. The van der Waals surface area contributed by atoms with Crippen molar-refractivity contribution in [3.8, 4) is 0 Å². The fraction of sp³-hybridized carbons (Fsp3) is 1.00. The lowest BCUT2D eigenvalue weighted by Gasteiger charge is -2.29. The van der Waals surface area contributed by atoms with Gasteiger partial charge in [0.1, 0.15) is 12.6 Å². The molecule has 2 N–H and O–H groups in total. The first-order chi connectivity index (χ1) is 13.6. The maximum Gasteiger partial charge on any atom is 0.470 e. The van der Waals surface area contributed by atoms with Gasteiger partial charge in [-0.05, 0) is 6.42 Å². The van der Waals surface area contributed by atoms with E-state index in [1.165, 1.54) is 89.9 Å². The predicted octanol–water partition coefficient (Wildman–Crippen LogP) is 6.82. The van der Waals surface area contributed by atoms with Crippen LogP contribution in [0.5, 0.6) is 0 Å². The second-order valence-electron chi connectivity index (χ2n) is 9.78. The largest absolute Gasteiger partial charge is 0.470 e. The van der Waals surface area contributed by atoms with Crippen molar-refractivity contribution >= 4 is 7.82 Å². The summed E-state index contributed by atoms with van der Waals surface area (Å²) >= 11 is 0. The lowest BCUT2D eigenvalue weighted by atomic mass is 10.0. The van der Waals surface area contributed by atoms with Gasteiger partial charge in [0.15, 0.2) is 0 Å². The van der Waals surface area contributed by atoms with Gasteiger partial charge in [-0.25, -0.2) is 4.57 Å². The predicted molar refractivity (Wildman–Crippen MR) is 124 cm³/mol. The zero-order chi connectivity index (χ0) is 22.0. The molecule has 0 aromatic carbocycles. The average Bonchev–Trinajstić information content (AvgIpc) is 2.58. The highest BCUT2D eigenvalue weighted by Crippen LogP contribution is 2.39. The maximum atomic E-state index is 11.2. The molecule has 0 aliphatic carbocycles. The lowest BCUT2D eigenvalue weighted by Crippen LogP contribution is -2.42. The SMILES string of the molecule is CCCCCCCCCCCCCCCCCCC(C[N+](C)(C)C)OP(=O)(O)O. The Morgan fingerprint density at radius 3 is 1.34 bits per heavy atom. The van der Waals surface area contributed by atoms with Crippen molar-refractivity contribution in [1.29, 1.82) is 0 Å². The Morgan fingerprint density at radius 2 is 1.03 bits per heavy atom. The maximum absolute atomic E-state index is 11.2. The topological polar surface area (TPSA) is 66.8 Å². The van der Waals surface area contributed by atoms with E-state index >= 15 is 0 Å². The molecule has 0 spiro atoms. The molecular weight excluding hydrogens is 385 g/mol. The molecule has 0 heterocycles. The van der Waals surface area contributed by atoms with Crippen LogP contribution in [0, 0.1) is 0 Å². The molecule has 6 heteroatoms. The normalized spacial score (nSPS) is 13.7. The van der Waals surface area contributed by atoms with E-state index in [0.29, 0.717) is 11.0 Å². The molecule has 0 radical (unpaired) electrons. The minimum atomic E-state index is -4.41. The van der Waals surface area contributed by atoms with Crippen LogP contribution >= 0.6 is 7.82 Å². The molecule has 0 amide bonds. The van der Waals surface area contributed by atoms with Gasteiger partial charge < -0.3 is 14.3 Å². The van der Waals surface area contributed by atoms with E-state index in [1.54, 1.807) is 0 Å². The quantitative estimate of drug-likeness (QED) is 0.118. The van der Waals surface area contributed by atoms with Crippen LogP contribution in [0.1, 0.15) is 116 Å². The third kappa shape index (κ3) is 24.2. The van der Waals surface area contributed by atoms with Crippen LogP contribution in [-0.2, 0) is 9.09 Å². The Morgan fingerprint density at radius 1 is 0.690 bits per heavy atom. The van der Waals surface area contributed by atoms with Gasteiger partial charge in [0.2, 0.25) is 0 Å². The van der Waals surface area contributed by atoms with Crippen molar-refractivity contribution < 1.29 is 23.4 Å². The lowest BCUT2D eigenvalue weighted by molar-refractivity contribution is -0.873. The molecule has 0 saturated carbocycles. The summed E-state index contributed by atoms with van der Waals surface area (Å²) in [4.78, 5) is 18.2. The molecule has 1 atom stereocenters. The van der Waals surface area contributed by atoms with E-state index in [2.05, 4.69) is 6.92 Å². The van der Waals surface area contributed by atoms with Crippen molar-refractivity contribution in [2.24, 2.45) is 0 Å². The van der Waals surface area contributed by atoms with Crippen molar-refractivity contribution in [3.63, 3.8) is 0 Å². The Kier molecular flexibility index (Phi) is 17.8. The number of phosphoric ester groups is 1.